The SMILES string of the molecule is CC1(C)Nc2ccc(Cl)cc2C(=O)N1c1ccc(F)cc1. The van der Waals surface area contributed by atoms with E-state index in [-0.39, 0.29) is 11.7 Å². The van der Waals surface area contributed by atoms with Gasteiger partial charge < -0.3 is 5.32 Å². The van der Waals surface area contributed by atoms with Crippen LogP contribution in [0, 0.1) is 5.82 Å². The number of hydrogen-bond acceptors (Lipinski definition) is 2. The maximum atomic E-state index is 13.1. The van der Waals surface area contributed by atoms with E-state index < -0.39 is 5.66 Å². The number of halogens is 2. The zero-order valence-corrected chi connectivity index (χ0v) is 12.4. The van der Waals surface area contributed by atoms with Gasteiger partial charge >= 0.3 is 0 Å². The number of nitrogens with one attached hydrogen (secondary N) is 1. The number of amides is 1. The fourth-order valence-electron chi connectivity index (χ4n) is 2.59. The second-order valence-corrected chi connectivity index (χ2v) is 5.93. The predicted octanol–water partition coefficient (Wildman–Crippen LogP) is 4.29. The third-order valence-corrected chi connectivity index (χ3v) is 3.73. The standard InChI is InChI=1S/C16H14ClFN2O/c1-16(2)19-14-8-3-10(17)9-13(14)15(21)20(16)12-6-4-11(18)5-7-12/h3-9,19H,1-2H3. The third kappa shape index (κ3) is 2.36. The molecule has 1 amide bonds. The molecule has 0 aromatic heterocycles. The second kappa shape index (κ2) is 4.74. The van der Waals surface area contributed by atoms with Crippen LogP contribution < -0.4 is 10.2 Å². The van der Waals surface area contributed by atoms with Crippen molar-refractivity contribution in [2.45, 2.75) is 19.5 Å². The monoisotopic (exact) mass is 304 g/mol. The van der Waals surface area contributed by atoms with Crippen LogP contribution in [-0.2, 0) is 0 Å². The smallest absolute Gasteiger partial charge is 0.262 e. The van der Waals surface area contributed by atoms with E-state index in [1.54, 1.807) is 35.2 Å². The summed E-state index contributed by atoms with van der Waals surface area (Å²) in [5.41, 5.74) is 1.25. The lowest BCUT2D eigenvalue weighted by Gasteiger charge is -2.44. The van der Waals surface area contributed by atoms with Crippen LogP contribution in [0.4, 0.5) is 15.8 Å². The number of benzene rings is 2. The van der Waals surface area contributed by atoms with Gasteiger partial charge in [-0.1, -0.05) is 11.6 Å². The highest BCUT2D eigenvalue weighted by molar-refractivity contribution is 6.31. The molecule has 5 heteroatoms. The molecule has 1 heterocycles. The van der Waals surface area contributed by atoms with Crippen molar-refractivity contribution in [2.24, 2.45) is 0 Å². The van der Waals surface area contributed by atoms with E-state index in [2.05, 4.69) is 5.32 Å². The van der Waals surface area contributed by atoms with Gasteiger partial charge in [0.05, 0.1) is 5.56 Å². The summed E-state index contributed by atoms with van der Waals surface area (Å²) in [6.45, 7) is 3.79. The summed E-state index contributed by atoms with van der Waals surface area (Å²) < 4.78 is 13.1. The molecule has 0 saturated carbocycles. The normalized spacial score (nSPS) is 16.4. The van der Waals surface area contributed by atoms with Gasteiger partial charge in [-0.25, -0.2) is 4.39 Å². The van der Waals surface area contributed by atoms with Gasteiger partial charge in [0.15, 0.2) is 0 Å². The van der Waals surface area contributed by atoms with E-state index in [1.165, 1.54) is 12.1 Å². The van der Waals surface area contributed by atoms with Crippen molar-refractivity contribution in [1.29, 1.82) is 0 Å². The van der Waals surface area contributed by atoms with Crippen molar-refractivity contribution in [3.05, 3.63) is 58.9 Å². The van der Waals surface area contributed by atoms with Gasteiger partial charge in [-0.15, -0.1) is 0 Å². The van der Waals surface area contributed by atoms with Gasteiger partial charge in [-0.3, -0.25) is 9.69 Å². The molecule has 21 heavy (non-hydrogen) atoms. The molecule has 0 fully saturated rings. The second-order valence-electron chi connectivity index (χ2n) is 5.49. The quantitative estimate of drug-likeness (QED) is 0.852. The zero-order chi connectivity index (χ0) is 15.2. The summed E-state index contributed by atoms with van der Waals surface area (Å²) in [4.78, 5) is 14.4. The molecule has 2 aromatic carbocycles. The highest BCUT2D eigenvalue weighted by Crippen LogP contribution is 2.35. The van der Waals surface area contributed by atoms with E-state index in [0.29, 0.717) is 16.3 Å². The van der Waals surface area contributed by atoms with Crippen LogP contribution in [-0.4, -0.2) is 11.6 Å². The van der Waals surface area contributed by atoms with Crippen molar-refractivity contribution in [1.82, 2.24) is 0 Å². The summed E-state index contributed by atoms with van der Waals surface area (Å²) in [5, 5.41) is 3.81. The number of hydrogen-bond donors (Lipinski definition) is 1. The first kappa shape index (κ1) is 13.9. The minimum absolute atomic E-state index is 0.164. The number of fused-ring (bicyclic) bond motifs is 1. The minimum Gasteiger partial charge on any atom is -0.362 e. The van der Waals surface area contributed by atoms with E-state index >= 15 is 0 Å². The van der Waals surface area contributed by atoms with Gasteiger partial charge in [0, 0.05) is 16.4 Å². The summed E-state index contributed by atoms with van der Waals surface area (Å²) >= 11 is 5.98. The van der Waals surface area contributed by atoms with E-state index in [9.17, 15) is 9.18 Å². The Kier molecular flexibility index (Phi) is 3.14. The molecule has 3 nitrogen and oxygen atoms in total. The van der Waals surface area contributed by atoms with Gasteiger partial charge in [0.2, 0.25) is 0 Å². The van der Waals surface area contributed by atoms with Gasteiger partial charge in [0.25, 0.3) is 5.91 Å². The van der Waals surface area contributed by atoms with Crippen LogP contribution in [0.5, 0.6) is 0 Å². The summed E-state index contributed by atoms with van der Waals surface area (Å²) in [7, 11) is 0. The lowest BCUT2D eigenvalue weighted by atomic mass is 10.0. The van der Waals surface area contributed by atoms with Crippen LogP contribution in [0.15, 0.2) is 42.5 Å². The van der Waals surface area contributed by atoms with Crippen molar-refractivity contribution in [2.75, 3.05) is 10.2 Å². The lowest BCUT2D eigenvalue weighted by Crippen LogP contribution is -2.56. The molecular weight excluding hydrogens is 291 g/mol. The third-order valence-electron chi connectivity index (χ3n) is 3.50. The zero-order valence-electron chi connectivity index (χ0n) is 11.7. The van der Waals surface area contributed by atoms with Gasteiger partial charge in [-0.05, 0) is 56.3 Å². The number of rotatable bonds is 1. The maximum absolute atomic E-state index is 13.1. The summed E-state index contributed by atoms with van der Waals surface area (Å²) in [6, 6.07) is 11.0. The highest BCUT2D eigenvalue weighted by Gasteiger charge is 2.38. The predicted molar refractivity (Wildman–Crippen MR) is 82.4 cm³/mol. The van der Waals surface area contributed by atoms with Gasteiger partial charge in [0.1, 0.15) is 11.5 Å². The van der Waals surface area contributed by atoms with Crippen LogP contribution in [0.2, 0.25) is 5.02 Å². The fourth-order valence-corrected chi connectivity index (χ4v) is 2.76. The van der Waals surface area contributed by atoms with Crippen LogP contribution in [0.25, 0.3) is 0 Å². The summed E-state index contributed by atoms with van der Waals surface area (Å²) in [5.74, 6) is -0.500. The Balaban J connectivity index is 2.12. The molecule has 3 rings (SSSR count). The molecule has 0 saturated heterocycles. The number of anilines is 2. The largest absolute Gasteiger partial charge is 0.362 e. The van der Waals surface area contributed by atoms with Gasteiger partial charge in [-0.2, -0.15) is 0 Å². The number of nitrogens with zero attached hydrogens (tertiary/aromatic N) is 1. The Bertz CT molecular complexity index is 713. The number of carbonyl (C=O) groups is 1. The molecule has 0 radical (unpaired) electrons. The first-order valence-electron chi connectivity index (χ1n) is 6.56. The number of carbonyl (C=O) groups excluding carboxylic acids is 1. The molecule has 0 unspecified atom stereocenters. The van der Waals surface area contributed by atoms with E-state index in [1.807, 2.05) is 13.8 Å². The molecular formula is C16H14ClFN2O. The first-order chi connectivity index (χ1) is 9.88. The molecule has 0 bridgehead atoms. The molecule has 0 aliphatic carbocycles. The van der Waals surface area contributed by atoms with Crippen LogP contribution in [0.1, 0.15) is 24.2 Å². The molecule has 1 aliphatic rings. The minimum atomic E-state index is -0.629. The van der Waals surface area contributed by atoms with Crippen molar-refractivity contribution < 1.29 is 9.18 Å². The molecule has 1 aliphatic heterocycles. The van der Waals surface area contributed by atoms with E-state index in [0.717, 1.165) is 5.69 Å². The Morgan fingerprint density at radius 2 is 1.81 bits per heavy atom. The van der Waals surface area contributed by atoms with Crippen LogP contribution >= 0.6 is 11.6 Å². The maximum Gasteiger partial charge on any atom is 0.262 e. The first-order valence-corrected chi connectivity index (χ1v) is 6.94. The van der Waals surface area contributed by atoms with Crippen molar-refractivity contribution in [3.8, 4) is 0 Å². The average molecular weight is 305 g/mol. The molecule has 1 N–H and O–H groups in total. The Labute approximate surface area is 127 Å². The van der Waals surface area contributed by atoms with Crippen molar-refractivity contribution in [3.63, 3.8) is 0 Å². The Hall–Kier alpha value is -2.07. The highest BCUT2D eigenvalue weighted by atomic mass is 35.5. The molecule has 2 aromatic rings. The van der Waals surface area contributed by atoms with Crippen molar-refractivity contribution >= 4 is 28.9 Å². The summed E-state index contributed by atoms with van der Waals surface area (Å²) in [6.07, 6.45) is 0. The van der Waals surface area contributed by atoms with Crippen LogP contribution in [0.3, 0.4) is 0 Å². The Morgan fingerprint density at radius 1 is 1.14 bits per heavy atom. The molecule has 0 atom stereocenters. The fraction of sp³-hybridized carbons (Fsp3) is 0.188. The lowest BCUT2D eigenvalue weighted by molar-refractivity contribution is 0.0961. The average Bonchev–Trinajstić information content (AvgIpc) is 2.41. The molecule has 0 spiro atoms. The Morgan fingerprint density at radius 3 is 2.48 bits per heavy atom. The topological polar surface area (TPSA) is 32.3 Å². The molecule has 108 valence electrons. The van der Waals surface area contributed by atoms with E-state index in [4.69, 9.17) is 11.6 Å².